The van der Waals surface area contributed by atoms with Gasteiger partial charge in [-0.2, -0.15) is 0 Å². The third-order valence-electron chi connectivity index (χ3n) is 4.94. The minimum atomic E-state index is -3.46. The van der Waals surface area contributed by atoms with E-state index in [2.05, 4.69) is 5.32 Å². The third-order valence-corrected chi connectivity index (χ3v) is 7.03. The quantitative estimate of drug-likeness (QED) is 0.621. The van der Waals surface area contributed by atoms with Gasteiger partial charge in [-0.25, -0.2) is 17.1 Å². The molecule has 1 heterocycles. The summed E-state index contributed by atoms with van der Waals surface area (Å²) in [6.07, 6.45) is 0.943. The molecule has 1 amide bonds. The molecule has 30 heavy (non-hydrogen) atoms. The number of amides is 1. The first kappa shape index (κ1) is 22.5. The smallest absolute Gasteiger partial charge is 0.223 e. The van der Waals surface area contributed by atoms with E-state index in [0.29, 0.717) is 48.8 Å². The van der Waals surface area contributed by atoms with Gasteiger partial charge in [0.1, 0.15) is 18.2 Å². The Morgan fingerprint density at radius 2 is 1.87 bits per heavy atom. The van der Waals surface area contributed by atoms with Gasteiger partial charge in [0.15, 0.2) is 0 Å². The van der Waals surface area contributed by atoms with Crippen molar-refractivity contribution in [3.05, 3.63) is 64.9 Å². The molecule has 0 radical (unpaired) electrons. The van der Waals surface area contributed by atoms with Crippen molar-refractivity contribution in [2.75, 3.05) is 26.2 Å². The van der Waals surface area contributed by atoms with Crippen molar-refractivity contribution in [3.63, 3.8) is 0 Å². The lowest BCUT2D eigenvalue weighted by Gasteiger charge is -2.30. The van der Waals surface area contributed by atoms with Crippen molar-refractivity contribution in [1.29, 1.82) is 0 Å². The molecule has 0 bridgehead atoms. The van der Waals surface area contributed by atoms with Crippen LogP contribution in [0.2, 0.25) is 5.02 Å². The fourth-order valence-corrected chi connectivity index (χ4v) is 5.11. The minimum absolute atomic E-state index is 0.106. The molecule has 0 aromatic heterocycles. The average molecular weight is 455 g/mol. The molecule has 9 heteroatoms. The average Bonchev–Trinajstić information content (AvgIpc) is 2.72. The highest BCUT2D eigenvalue weighted by atomic mass is 35.5. The molecule has 1 fully saturated rings. The lowest BCUT2D eigenvalue weighted by atomic mass is 9.97. The van der Waals surface area contributed by atoms with E-state index < -0.39 is 10.0 Å². The largest absolute Gasteiger partial charge is 0.492 e. The molecule has 1 aliphatic heterocycles. The number of hydrogen-bond donors (Lipinski definition) is 1. The Kier molecular flexibility index (Phi) is 7.69. The number of rotatable bonds is 8. The Labute approximate surface area is 181 Å². The van der Waals surface area contributed by atoms with Crippen molar-refractivity contribution in [2.24, 2.45) is 5.92 Å². The molecular formula is C21H24ClFN2O4S. The maximum absolute atomic E-state index is 12.9. The topological polar surface area (TPSA) is 75.7 Å². The summed E-state index contributed by atoms with van der Waals surface area (Å²) < 4.78 is 45.0. The van der Waals surface area contributed by atoms with Gasteiger partial charge >= 0.3 is 0 Å². The van der Waals surface area contributed by atoms with Crippen LogP contribution in [-0.4, -0.2) is 44.9 Å². The summed E-state index contributed by atoms with van der Waals surface area (Å²) in [6, 6.07) is 12.5. The second-order valence-electron chi connectivity index (χ2n) is 7.15. The Hall–Kier alpha value is -2.16. The predicted molar refractivity (Wildman–Crippen MR) is 113 cm³/mol. The van der Waals surface area contributed by atoms with Gasteiger partial charge < -0.3 is 10.1 Å². The van der Waals surface area contributed by atoms with Crippen LogP contribution in [0.1, 0.15) is 18.4 Å². The summed E-state index contributed by atoms with van der Waals surface area (Å²) in [5, 5.41) is 3.31. The highest BCUT2D eigenvalue weighted by molar-refractivity contribution is 7.88. The number of hydrogen-bond acceptors (Lipinski definition) is 4. The van der Waals surface area contributed by atoms with Crippen molar-refractivity contribution < 1.29 is 22.3 Å². The molecule has 0 aliphatic carbocycles. The van der Waals surface area contributed by atoms with E-state index in [4.69, 9.17) is 16.3 Å². The molecule has 1 saturated heterocycles. The molecule has 3 rings (SSSR count). The van der Waals surface area contributed by atoms with Gasteiger partial charge in [0, 0.05) is 24.0 Å². The Morgan fingerprint density at radius 3 is 2.53 bits per heavy atom. The molecule has 0 spiro atoms. The van der Waals surface area contributed by atoms with Crippen LogP contribution >= 0.6 is 11.6 Å². The van der Waals surface area contributed by atoms with Crippen molar-refractivity contribution in [1.82, 2.24) is 9.62 Å². The van der Waals surface area contributed by atoms with E-state index >= 15 is 0 Å². The summed E-state index contributed by atoms with van der Waals surface area (Å²) >= 11 is 5.93. The minimum Gasteiger partial charge on any atom is -0.492 e. The zero-order valence-corrected chi connectivity index (χ0v) is 18.0. The van der Waals surface area contributed by atoms with Crippen molar-refractivity contribution >= 4 is 27.5 Å². The van der Waals surface area contributed by atoms with Crippen molar-refractivity contribution in [3.8, 4) is 5.75 Å². The molecule has 0 unspecified atom stereocenters. The van der Waals surface area contributed by atoms with E-state index in [1.165, 1.54) is 28.6 Å². The number of carbonyl (C=O) groups excluding carboxylic acids is 1. The maximum atomic E-state index is 12.9. The first-order valence-corrected chi connectivity index (χ1v) is 11.7. The van der Waals surface area contributed by atoms with E-state index in [1.807, 2.05) is 0 Å². The van der Waals surface area contributed by atoms with Crippen LogP contribution in [0.4, 0.5) is 4.39 Å². The zero-order chi connectivity index (χ0) is 21.6. The fourth-order valence-electron chi connectivity index (χ4n) is 3.34. The number of benzene rings is 2. The van der Waals surface area contributed by atoms with Crippen LogP contribution < -0.4 is 10.1 Å². The Bertz CT molecular complexity index is 961. The maximum Gasteiger partial charge on any atom is 0.223 e. The van der Waals surface area contributed by atoms with E-state index in [-0.39, 0.29) is 30.0 Å². The number of halogens is 2. The summed E-state index contributed by atoms with van der Waals surface area (Å²) in [4.78, 5) is 12.3. The first-order valence-electron chi connectivity index (χ1n) is 9.72. The van der Waals surface area contributed by atoms with Gasteiger partial charge in [0.2, 0.25) is 15.9 Å². The number of nitrogens with one attached hydrogen (secondary N) is 1. The Morgan fingerprint density at radius 1 is 1.17 bits per heavy atom. The van der Waals surface area contributed by atoms with Crippen molar-refractivity contribution in [2.45, 2.75) is 18.6 Å². The first-order chi connectivity index (χ1) is 14.3. The fraction of sp³-hybridized carbons (Fsp3) is 0.381. The van der Waals surface area contributed by atoms with Gasteiger partial charge in [-0.1, -0.05) is 23.7 Å². The van der Waals surface area contributed by atoms with Gasteiger partial charge in [-0.05, 0) is 54.8 Å². The standard InChI is InChI=1S/C21H24ClFN2O4S/c22-18-3-1-2-16(14-18)15-30(27,28)25-11-8-17(9-12-25)21(26)24-10-13-29-20-6-4-19(23)5-7-20/h1-7,14,17H,8-13,15H2,(H,24,26). The highest BCUT2D eigenvalue weighted by Gasteiger charge is 2.31. The monoisotopic (exact) mass is 454 g/mol. The number of piperidine rings is 1. The van der Waals surface area contributed by atoms with E-state index in [1.54, 1.807) is 24.3 Å². The van der Waals surface area contributed by atoms with Gasteiger partial charge in [-0.3, -0.25) is 4.79 Å². The molecule has 1 aliphatic rings. The third kappa shape index (κ3) is 6.42. The molecule has 0 atom stereocenters. The molecule has 162 valence electrons. The van der Waals surface area contributed by atoms with E-state index in [0.717, 1.165) is 0 Å². The van der Waals surface area contributed by atoms with Crippen LogP contribution in [0.3, 0.4) is 0 Å². The number of carbonyl (C=O) groups is 1. The van der Waals surface area contributed by atoms with Crippen LogP contribution in [-0.2, 0) is 20.6 Å². The highest BCUT2D eigenvalue weighted by Crippen LogP contribution is 2.22. The normalized spacial score (nSPS) is 15.7. The summed E-state index contributed by atoms with van der Waals surface area (Å²) in [6.45, 7) is 1.22. The summed E-state index contributed by atoms with van der Waals surface area (Å²) in [5.41, 5.74) is 0.642. The van der Waals surface area contributed by atoms with Gasteiger partial charge in [0.25, 0.3) is 0 Å². The summed E-state index contributed by atoms with van der Waals surface area (Å²) in [5.74, 6) is -0.246. The number of sulfonamides is 1. The lowest BCUT2D eigenvalue weighted by molar-refractivity contribution is -0.126. The number of ether oxygens (including phenoxy) is 1. The molecule has 0 saturated carbocycles. The lowest BCUT2D eigenvalue weighted by Crippen LogP contribution is -2.43. The molecular weight excluding hydrogens is 431 g/mol. The van der Waals surface area contributed by atoms with Crippen LogP contribution in [0, 0.1) is 11.7 Å². The van der Waals surface area contributed by atoms with E-state index in [9.17, 15) is 17.6 Å². The predicted octanol–water partition coefficient (Wildman–Crippen LogP) is 3.22. The molecule has 1 N–H and O–H groups in total. The van der Waals surface area contributed by atoms with Gasteiger partial charge in [0.05, 0.1) is 12.3 Å². The molecule has 2 aromatic carbocycles. The second-order valence-corrected chi connectivity index (χ2v) is 9.56. The number of nitrogens with zero attached hydrogens (tertiary/aromatic N) is 1. The SMILES string of the molecule is O=C(NCCOc1ccc(F)cc1)C1CCN(S(=O)(=O)Cc2cccc(Cl)c2)CC1. The molecule has 2 aromatic rings. The second kappa shape index (κ2) is 10.2. The Balaban J connectivity index is 1.40. The van der Waals surface area contributed by atoms with Crippen LogP contribution in [0.5, 0.6) is 5.75 Å². The summed E-state index contributed by atoms with van der Waals surface area (Å²) in [7, 11) is -3.46. The zero-order valence-electron chi connectivity index (χ0n) is 16.4. The van der Waals surface area contributed by atoms with Gasteiger partial charge in [-0.15, -0.1) is 0 Å². The molecule has 6 nitrogen and oxygen atoms in total. The van der Waals surface area contributed by atoms with Crippen LogP contribution in [0.15, 0.2) is 48.5 Å². The van der Waals surface area contributed by atoms with Crippen LogP contribution in [0.25, 0.3) is 0 Å².